The highest BCUT2D eigenvalue weighted by atomic mass is 16.5. The van der Waals surface area contributed by atoms with Crippen molar-refractivity contribution in [1.29, 1.82) is 0 Å². The first kappa shape index (κ1) is 19.4. The number of nitrogens with zero attached hydrogens (tertiary/aromatic N) is 1. The second-order valence-corrected chi connectivity index (χ2v) is 8.20. The Balaban J connectivity index is 1.95. The van der Waals surface area contributed by atoms with E-state index in [4.69, 9.17) is 5.21 Å². The Hall–Kier alpha value is -2.92. The molecule has 29 heavy (non-hydrogen) atoms. The third-order valence-corrected chi connectivity index (χ3v) is 6.35. The van der Waals surface area contributed by atoms with Gasteiger partial charge in [-0.3, -0.25) is 19.4 Å². The smallest absolute Gasteiger partial charge is 0.262 e. The molecule has 0 fully saturated rings. The van der Waals surface area contributed by atoms with Gasteiger partial charge in [0, 0.05) is 22.6 Å². The highest BCUT2D eigenvalue weighted by Crippen LogP contribution is 2.38. The zero-order valence-electron chi connectivity index (χ0n) is 17.3. The van der Waals surface area contributed by atoms with E-state index >= 15 is 0 Å². The second-order valence-electron chi connectivity index (χ2n) is 8.20. The molecule has 1 unspecified atom stereocenters. The van der Waals surface area contributed by atoms with E-state index in [1.165, 1.54) is 0 Å². The Morgan fingerprint density at radius 2 is 1.69 bits per heavy atom. The molecule has 4 rings (SSSR count). The van der Waals surface area contributed by atoms with Gasteiger partial charge in [0.25, 0.3) is 5.91 Å². The molecule has 5 heteroatoms. The summed E-state index contributed by atoms with van der Waals surface area (Å²) in [6.45, 7) is 8.12. The van der Waals surface area contributed by atoms with Crippen LogP contribution in [0.2, 0.25) is 0 Å². The van der Waals surface area contributed by atoms with Crippen LogP contribution in [0.3, 0.4) is 0 Å². The van der Waals surface area contributed by atoms with Crippen LogP contribution in [0.15, 0.2) is 30.3 Å². The third-order valence-electron chi connectivity index (χ3n) is 6.35. The van der Waals surface area contributed by atoms with Gasteiger partial charge in [0.2, 0.25) is 5.91 Å². The van der Waals surface area contributed by atoms with Crippen LogP contribution in [-0.4, -0.2) is 21.6 Å². The summed E-state index contributed by atoms with van der Waals surface area (Å²) in [5.41, 5.74) is 9.83. The summed E-state index contributed by atoms with van der Waals surface area (Å²) in [7, 11) is 0. The number of amides is 1. The first-order valence-corrected chi connectivity index (χ1v) is 10.0. The number of fused-ring (bicyclic) bond motifs is 3. The zero-order valence-corrected chi connectivity index (χ0v) is 17.3. The minimum atomic E-state index is -0.359. The molecule has 0 aliphatic heterocycles. The Bertz CT molecular complexity index is 1160. The SMILES string of the molecule is Cc1ccc(C(=O)n2c3c(c4c(C)ccc(C)c42)CC(C(=O)NO)CC3)cc1C. The Kier molecular flexibility index (Phi) is 4.79. The fraction of sp³-hybridized carbons (Fsp3) is 0.333. The van der Waals surface area contributed by atoms with Crippen molar-refractivity contribution in [1.82, 2.24) is 10.0 Å². The molecule has 1 aliphatic rings. The van der Waals surface area contributed by atoms with Crippen molar-refractivity contribution in [2.75, 3.05) is 0 Å². The van der Waals surface area contributed by atoms with Gasteiger partial charge in [-0.05, 0) is 86.9 Å². The molecule has 2 N–H and O–H groups in total. The molecule has 0 spiro atoms. The molecule has 0 bridgehead atoms. The number of benzene rings is 2. The van der Waals surface area contributed by atoms with Crippen molar-refractivity contribution in [3.8, 4) is 0 Å². The lowest BCUT2D eigenvalue weighted by Gasteiger charge is -2.22. The number of carbonyl (C=O) groups is 2. The van der Waals surface area contributed by atoms with Gasteiger partial charge in [0.1, 0.15) is 0 Å². The molecule has 5 nitrogen and oxygen atoms in total. The maximum absolute atomic E-state index is 13.6. The molecule has 1 heterocycles. The normalized spacial score (nSPS) is 16.0. The molecule has 0 saturated heterocycles. The molecule has 1 aliphatic carbocycles. The molecule has 2 aromatic carbocycles. The lowest BCUT2D eigenvalue weighted by molar-refractivity contribution is -0.133. The highest BCUT2D eigenvalue weighted by molar-refractivity contribution is 6.06. The van der Waals surface area contributed by atoms with Crippen molar-refractivity contribution in [2.45, 2.75) is 47.0 Å². The molecule has 1 aromatic heterocycles. The predicted molar refractivity (Wildman–Crippen MR) is 113 cm³/mol. The van der Waals surface area contributed by atoms with Gasteiger partial charge in [-0.15, -0.1) is 0 Å². The Labute approximate surface area is 170 Å². The number of hydrogen-bond donors (Lipinski definition) is 2. The molecule has 1 amide bonds. The molecular weight excluding hydrogens is 364 g/mol. The average Bonchev–Trinajstić information content (AvgIpc) is 3.07. The van der Waals surface area contributed by atoms with E-state index in [0.717, 1.165) is 44.4 Å². The number of nitrogens with one attached hydrogen (secondary N) is 1. The lowest BCUT2D eigenvalue weighted by atomic mass is 9.85. The minimum absolute atomic E-state index is 0.0295. The van der Waals surface area contributed by atoms with Crippen molar-refractivity contribution in [2.24, 2.45) is 5.92 Å². The first-order chi connectivity index (χ1) is 13.8. The Morgan fingerprint density at radius 1 is 1.00 bits per heavy atom. The number of hydroxylamine groups is 1. The maximum Gasteiger partial charge on any atom is 0.262 e. The predicted octanol–water partition coefficient (Wildman–Crippen LogP) is 4.17. The lowest BCUT2D eigenvalue weighted by Crippen LogP contribution is -2.32. The molecule has 3 aromatic rings. The second kappa shape index (κ2) is 7.16. The monoisotopic (exact) mass is 390 g/mol. The van der Waals surface area contributed by atoms with Crippen molar-refractivity contribution >= 4 is 22.7 Å². The van der Waals surface area contributed by atoms with Crippen LogP contribution in [0.1, 0.15) is 50.3 Å². The van der Waals surface area contributed by atoms with E-state index in [-0.39, 0.29) is 17.7 Å². The van der Waals surface area contributed by atoms with Gasteiger partial charge in [-0.25, -0.2) is 5.48 Å². The summed E-state index contributed by atoms with van der Waals surface area (Å²) in [5.74, 6) is -0.677. The van der Waals surface area contributed by atoms with Gasteiger partial charge < -0.3 is 0 Å². The molecular formula is C24H26N2O3. The summed E-state index contributed by atoms with van der Waals surface area (Å²) in [5, 5.41) is 10.1. The van der Waals surface area contributed by atoms with E-state index in [1.807, 2.05) is 56.5 Å². The average molecular weight is 390 g/mol. The number of aryl methyl sites for hydroxylation is 4. The van der Waals surface area contributed by atoms with Gasteiger partial charge in [0.05, 0.1) is 5.52 Å². The maximum atomic E-state index is 13.6. The van der Waals surface area contributed by atoms with Gasteiger partial charge in [-0.2, -0.15) is 0 Å². The van der Waals surface area contributed by atoms with Crippen molar-refractivity contribution in [3.63, 3.8) is 0 Å². The summed E-state index contributed by atoms with van der Waals surface area (Å²) in [4.78, 5) is 25.7. The van der Waals surface area contributed by atoms with E-state index in [1.54, 1.807) is 5.48 Å². The summed E-state index contributed by atoms with van der Waals surface area (Å²) in [6.07, 6.45) is 1.75. The summed E-state index contributed by atoms with van der Waals surface area (Å²) < 4.78 is 1.87. The van der Waals surface area contributed by atoms with Crippen LogP contribution in [-0.2, 0) is 17.6 Å². The number of carbonyl (C=O) groups excluding carboxylic acids is 2. The summed E-state index contributed by atoms with van der Waals surface area (Å²) >= 11 is 0. The molecule has 0 radical (unpaired) electrons. The van der Waals surface area contributed by atoms with Gasteiger partial charge in [-0.1, -0.05) is 18.2 Å². The zero-order chi connectivity index (χ0) is 20.9. The number of aromatic nitrogens is 1. The van der Waals surface area contributed by atoms with E-state index in [9.17, 15) is 9.59 Å². The van der Waals surface area contributed by atoms with Crippen molar-refractivity contribution < 1.29 is 14.8 Å². The van der Waals surface area contributed by atoms with Gasteiger partial charge >= 0.3 is 0 Å². The standard InChI is InChI=1S/C24H26N2O3/c1-13-7-8-18(11-16(13)4)24(28)26-20-10-9-17(23(27)25-29)12-19(20)21-14(2)5-6-15(3)22(21)26/h5-8,11,17,29H,9-10,12H2,1-4H3,(H,25,27). The van der Waals surface area contributed by atoms with Crippen LogP contribution in [0, 0.1) is 33.6 Å². The Morgan fingerprint density at radius 3 is 2.38 bits per heavy atom. The van der Waals surface area contributed by atoms with Crippen LogP contribution in [0.4, 0.5) is 0 Å². The molecule has 150 valence electrons. The van der Waals surface area contributed by atoms with Crippen LogP contribution in [0.5, 0.6) is 0 Å². The van der Waals surface area contributed by atoms with Crippen molar-refractivity contribution in [3.05, 3.63) is 69.4 Å². The van der Waals surface area contributed by atoms with E-state index in [0.29, 0.717) is 24.8 Å². The number of hydrogen-bond acceptors (Lipinski definition) is 3. The van der Waals surface area contributed by atoms with Crippen LogP contribution >= 0.6 is 0 Å². The third kappa shape index (κ3) is 3.06. The number of rotatable bonds is 2. The molecule has 1 atom stereocenters. The first-order valence-electron chi connectivity index (χ1n) is 10.0. The van der Waals surface area contributed by atoms with E-state index in [2.05, 4.69) is 6.07 Å². The quantitative estimate of drug-likeness (QED) is 0.509. The fourth-order valence-electron chi connectivity index (χ4n) is 4.56. The van der Waals surface area contributed by atoms with Crippen LogP contribution < -0.4 is 5.48 Å². The van der Waals surface area contributed by atoms with Gasteiger partial charge in [0.15, 0.2) is 0 Å². The fourth-order valence-corrected chi connectivity index (χ4v) is 4.56. The van der Waals surface area contributed by atoms with Crippen LogP contribution in [0.25, 0.3) is 10.9 Å². The highest BCUT2D eigenvalue weighted by Gasteiger charge is 2.32. The summed E-state index contributed by atoms with van der Waals surface area (Å²) in [6, 6.07) is 9.94. The largest absolute Gasteiger partial charge is 0.289 e. The topological polar surface area (TPSA) is 71.3 Å². The molecule has 0 saturated carbocycles. The van der Waals surface area contributed by atoms with E-state index < -0.39 is 0 Å². The minimum Gasteiger partial charge on any atom is -0.289 e.